The molecule has 19 heavy (non-hydrogen) atoms. The number of hydrogen-bond donors (Lipinski definition) is 1. The predicted molar refractivity (Wildman–Crippen MR) is 77.1 cm³/mol. The molecule has 0 aliphatic carbocycles. The van der Waals surface area contributed by atoms with E-state index < -0.39 is 0 Å². The summed E-state index contributed by atoms with van der Waals surface area (Å²) in [6, 6.07) is 2.36. The predicted octanol–water partition coefficient (Wildman–Crippen LogP) is 2.90. The second-order valence-electron chi connectivity index (χ2n) is 5.58. The summed E-state index contributed by atoms with van der Waals surface area (Å²) in [4.78, 5) is 0. The number of aryl methyl sites for hydroxylation is 1. The first kappa shape index (κ1) is 14.5. The van der Waals surface area contributed by atoms with E-state index in [0.717, 1.165) is 32.5 Å². The number of rotatable bonds is 6. The minimum atomic E-state index is -0.111. The van der Waals surface area contributed by atoms with Crippen LogP contribution in [0, 0.1) is 0 Å². The van der Waals surface area contributed by atoms with E-state index in [1.807, 2.05) is 6.20 Å². The molecule has 0 bridgehead atoms. The third kappa shape index (κ3) is 3.18. The monoisotopic (exact) mass is 265 g/mol. The van der Waals surface area contributed by atoms with Gasteiger partial charge in [0, 0.05) is 19.3 Å². The van der Waals surface area contributed by atoms with Crippen molar-refractivity contribution in [1.29, 1.82) is 0 Å². The molecular weight excluding hydrogens is 238 g/mol. The molecule has 0 amide bonds. The van der Waals surface area contributed by atoms with Gasteiger partial charge in [0.2, 0.25) is 0 Å². The number of hydrogen-bond acceptors (Lipinski definition) is 3. The SMILES string of the molecule is CCCNC(c1ccnn1CC)C1(C)CCCCO1. The summed E-state index contributed by atoms with van der Waals surface area (Å²) >= 11 is 0. The molecule has 1 aliphatic rings. The highest BCUT2D eigenvalue weighted by molar-refractivity contribution is 5.13. The molecule has 0 saturated carbocycles. The quantitative estimate of drug-likeness (QED) is 0.859. The lowest BCUT2D eigenvalue weighted by molar-refractivity contribution is -0.0913. The molecule has 0 radical (unpaired) electrons. The Labute approximate surface area is 116 Å². The van der Waals surface area contributed by atoms with E-state index in [4.69, 9.17) is 4.74 Å². The highest BCUT2D eigenvalue weighted by atomic mass is 16.5. The van der Waals surface area contributed by atoms with Crippen LogP contribution in [0.15, 0.2) is 12.3 Å². The molecule has 4 heteroatoms. The largest absolute Gasteiger partial charge is 0.373 e. The van der Waals surface area contributed by atoms with Crippen molar-refractivity contribution < 1.29 is 4.74 Å². The van der Waals surface area contributed by atoms with Crippen molar-refractivity contribution in [1.82, 2.24) is 15.1 Å². The summed E-state index contributed by atoms with van der Waals surface area (Å²) in [6.45, 7) is 9.37. The lowest BCUT2D eigenvalue weighted by Gasteiger charge is -2.41. The van der Waals surface area contributed by atoms with Crippen molar-refractivity contribution in [3.63, 3.8) is 0 Å². The first-order valence-electron chi connectivity index (χ1n) is 7.60. The highest BCUT2D eigenvalue weighted by Crippen LogP contribution is 2.36. The molecule has 1 aromatic rings. The Balaban J connectivity index is 2.24. The smallest absolute Gasteiger partial charge is 0.0863 e. The van der Waals surface area contributed by atoms with E-state index in [2.05, 4.69) is 41.9 Å². The average molecular weight is 265 g/mol. The molecule has 1 fully saturated rings. The number of nitrogens with zero attached hydrogens (tertiary/aromatic N) is 2. The molecule has 1 N–H and O–H groups in total. The first-order chi connectivity index (χ1) is 9.21. The molecule has 0 spiro atoms. The molecule has 0 aromatic carbocycles. The maximum Gasteiger partial charge on any atom is 0.0863 e. The van der Waals surface area contributed by atoms with Crippen molar-refractivity contribution in [2.75, 3.05) is 13.2 Å². The zero-order chi connectivity index (χ0) is 13.7. The lowest BCUT2D eigenvalue weighted by atomic mass is 9.86. The van der Waals surface area contributed by atoms with E-state index in [0.29, 0.717) is 0 Å². The van der Waals surface area contributed by atoms with Crippen molar-refractivity contribution in [2.45, 2.75) is 64.6 Å². The summed E-state index contributed by atoms with van der Waals surface area (Å²) in [7, 11) is 0. The summed E-state index contributed by atoms with van der Waals surface area (Å²) in [5.74, 6) is 0. The Hall–Kier alpha value is -0.870. The first-order valence-corrected chi connectivity index (χ1v) is 7.60. The van der Waals surface area contributed by atoms with Gasteiger partial charge in [-0.25, -0.2) is 0 Å². The normalized spacial score (nSPS) is 25.4. The summed E-state index contributed by atoms with van der Waals surface area (Å²) in [5, 5.41) is 8.08. The van der Waals surface area contributed by atoms with E-state index >= 15 is 0 Å². The fraction of sp³-hybridized carbons (Fsp3) is 0.800. The van der Waals surface area contributed by atoms with Gasteiger partial charge in [-0.2, -0.15) is 5.10 Å². The zero-order valence-corrected chi connectivity index (χ0v) is 12.5. The van der Waals surface area contributed by atoms with Gasteiger partial charge in [-0.1, -0.05) is 6.92 Å². The summed E-state index contributed by atoms with van der Waals surface area (Å²) < 4.78 is 8.22. The number of nitrogens with one attached hydrogen (secondary N) is 1. The topological polar surface area (TPSA) is 39.1 Å². The molecule has 1 saturated heterocycles. The number of aromatic nitrogens is 2. The second kappa shape index (κ2) is 6.53. The average Bonchev–Trinajstić information content (AvgIpc) is 2.88. The second-order valence-corrected chi connectivity index (χ2v) is 5.58. The third-order valence-corrected chi connectivity index (χ3v) is 4.05. The van der Waals surface area contributed by atoms with Crippen LogP contribution in [0.3, 0.4) is 0 Å². The molecule has 1 aromatic heterocycles. The Kier molecular flexibility index (Phi) is 4.99. The minimum Gasteiger partial charge on any atom is -0.373 e. The van der Waals surface area contributed by atoms with Crippen LogP contribution in [0.25, 0.3) is 0 Å². The Morgan fingerprint density at radius 2 is 2.32 bits per heavy atom. The number of ether oxygens (including phenoxy) is 1. The molecule has 2 heterocycles. The van der Waals surface area contributed by atoms with Crippen LogP contribution in [0.2, 0.25) is 0 Å². The van der Waals surface area contributed by atoms with Crippen molar-refractivity contribution >= 4 is 0 Å². The fourth-order valence-corrected chi connectivity index (χ4v) is 2.96. The van der Waals surface area contributed by atoms with Gasteiger partial charge in [-0.05, 0) is 52.1 Å². The van der Waals surface area contributed by atoms with Crippen LogP contribution in [0.5, 0.6) is 0 Å². The van der Waals surface area contributed by atoms with E-state index in [-0.39, 0.29) is 11.6 Å². The fourth-order valence-electron chi connectivity index (χ4n) is 2.96. The summed E-state index contributed by atoms with van der Waals surface area (Å²) in [5.41, 5.74) is 1.14. The standard InChI is InChI=1S/C15H27N3O/c1-4-10-16-14(13-8-11-17-18(13)5-2)15(3)9-6-7-12-19-15/h8,11,14,16H,4-7,9-10,12H2,1-3H3. The van der Waals surface area contributed by atoms with Gasteiger partial charge in [0.25, 0.3) is 0 Å². The summed E-state index contributed by atoms with van der Waals surface area (Å²) in [6.07, 6.45) is 6.58. The van der Waals surface area contributed by atoms with Gasteiger partial charge in [0.05, 0.1) is 17.3 Å². The van der Waals surface area contributed by atoms with Gasteiger partial charge >= 0.3 is 0 Å². The van der Waals surface area contributed by atoms with E-state index in [1.54, 1.807) is 0 Å². The van der Waals surface area contributed by atoms with Gasteiger partial charge < -0.3 is 10.1 Å². The zero-order valence-electron chi connectivity index (χ0n) is 12.5. The molecule has 4 nitrogen and oxygen atoms in total. The van der Waals surface area contributed by atoms with Crippen molar-refractivity contribution in [3.8, 4) is 0 Å². The maximum atomic E-state index is 6.14. The molecule has 1 aliphatic heterocycles. The van der Waals surface area contributed by atoms with Crippen LogP contribution in [0.1, 0.15) is 58.2 Å². The van der Waals surface area contributed by atoms with Gasteiger partial charge in [-0.3, -0.25) is 4.68 Å². The Bertz CT molecular complexity index is 382. The minimum absolute atomic E-state index is 0.111. The van der Waals surface area contributed by atoms with E-state index in [9.17, 15) is 0 Å². The molecule has 2 unspecified atom stereocenters. The highest BCUT2D eigenvalue weighted by Gasteiger charge is 2.38. The van der Waals surface area contributed by atoms with Crippen LogP contribution in [0.4, 0.5) is 0 Å². The van der Waals surface area contributed by atoms with Crippen molar-refractivity contribution in [3.05, 3.63) is 18.0 Å². The van der Waals surface area contributed by atoms with Gasteiger partial charge in [-0.15, -0.1) is 0 Å². The van der Waals surface area contributed by atoms with Crippen LogP contribution >= 0.6 is 0 Å². The van der Waals surface area contributed by atoms with Crippen LogP contribution < -0.4 is 5.32 Å². The van der Waals surface area contributed by atoms with Crippen LogP contribution in [-0.2, 0) is 11.3 Å². The van der Waals surface area contributed by atoms with Crippen LogP contribution in [-0.4, -0.2) is 28.5 Å². The molecule has 2 rings (SSSR count). The van der Waals surface area contributed by atoms with Gasteiger partial charge in [0.1, 0.15) is 0 Å². The Morgan fingerprint density at radius 1 is 1.47 bits per heavy atom. The Morgan fingerprint density at radius 3 is 2.95 bits per heavy atom. The molecule has 2 atom stereocenters. The maximum absolute atomic E-state index is 6.14. The third-order valence-electron chi connectivity index (χ3n) is 4.05. The lowest BCUT2D eigenvalue weighted by Crippen LogP contribution is -2.47. The van der Waals surface area contributed by atoms with Gasteiger partial charge in [0.15, 0.2) is 0 Å². The molecular formula is C15H27N3O. The van der Waals surface area contributed by atoms with Crippen molar-refractivity contribution in [2.24, 2.45) is 0 Å². The molecule has 108 valence electrons. The van der Waals surface area contributed by atoms with E-state index in [1.165, 1.54) is 18.5 Å².